The molecule has 4 atom stereocenters. The zero-order valence-electron chi connectivity index (χ0n) is 10.8. The van der Waals surface area contributed by atoms with Crippen LogP contribution >= 0.6 is 0 Å². The zero-order valence-corrected chi connectivity index (χ0v) is 11.6. The molecule has 1 N–H and O–H groups in total. The third-order valence-corrected chi connectivity index (χ3v) is 5.60. The summed E-state index contributed by atoms with van der Waals surface area (Å²) in [4.78, 5) is 1.02. The Labute approximate surface area is 106 Å². The second-order valence-electron chi connectivity index (χ2n) is 4.83. The van der Waals surface area contributed by atoms with Crippen LogP contribution in [0.3, 0.4) is 0 Å². The molecule has 0 saturated heterocycles. The fraction of sp³-hybridized carbons (Fsp3) is 0.571. The highest BCUT2D eigenvalue weighted by Gasteiger charge is 2.35. The van der Waals surface area contributed by atoms with Crippen LogP contribution in [0.25, 0.3) is 0 Å². The van der Waals surface area contributed by atoms with Gasteiger partial charge in [-0.1, -0.05) is 39.0 Å². The first-order chi connectivity index (χ1) is 8.16. The first-order valence-electron chi connectivity index (χ1n) is 6.39. The monoisotopic (exact) mass is 251 g/mol. The summed E-state index contributed by atoms with van der Waals surface area (Å²) in [5.41, 5.74) is 1.23. The van der Waals surface area contributed by atoms with Crippen molar-refractivity contribution in [3.05, 3.63) is 29.8 Å². The molecule has 0 radical (unpaired) electrons. The second-order valence-corrected chi connectivity index (χ2v) is 6.61. The first-order valence-corrected chi connectivity index (χ1v) is 7.61. The summed E-state index contributed by atoms with van der Waals surface area (Å²) in [6, 6.07) is 8.49. The molecule has 0 spiro atoms. The quantitative estimate of drug-likeness (QED) is 0.895. The van der Waals surface area contributed by atoms with Gasteiger partial charge in [0.2, 0.25) is 0 Å². The van der Waals surface area contributed by atoms with Crippen LogP contribution in [0, 0.1) is 5.92 Å². The van der Waals surface area contributed by atoms with Crippen LogP contribution in [-0.4, -0.2) is 16.0 Å². The van der Waals surface area contributed by atoms with Gasteiger partial charge < -0.3 is 5.32 Å². The minimum absolute atomic E-state index is 0.222. The Kier molecular flexibility index (Phi) is 4.00. The number of hydrogen-bond acceptors (Lipinski definition) is 2. The van der Waals surface area contributed by atoms with Crippen LogP contribution in [-0.2, 0) is 10.8 Å². The van der Waals surface area contributed by atoms with Crippen molar-refractivity contribution < 1.29 is 4.21 Å². The standard InChI is InChI=1S/C14H21NOS/c1-4-9-15-14-10(2)11(3)17(16)13-8-6-5-7-12(13)14/h5-8,10-11,14-15H,4,9H2,1-3H3. The summed E-state index contributed by atoms with van der Waals surface area (Å²) in [6.07, 6.45) is 1.13. The predicted molar refractivity (Wildman–Crippen MR) is 72.5 cm³/mol. The van der Waals surface area contributed by atoms with Crippen molar-refractivity contribution in [3.63, 3.8) is 0 Å². The van der Waals surface area contributed by atoms with Gasteiger partial charge in [0.1, 0.15) is 0 Å². The van der Waals surface area contributed by atoms with Crippen molar-refractivity contribution >= 4 is 10.8 Å². The highest BCUT2D eigenvalue weighted by molar-refractivity contribution is 7.85. The lowest BCUT2D eigenvalue weighted by atomic mass is 9.91. The summed E-state index contributed by atoms with van der Waals surface area (Å²) in [5.74, 6) is 0.414. The molecule has 0 aromatic heterocycles. The van der Waals surface area contributed by atoms with Crippen LogP contribution in [0.15, 0.2) is 29.2 Å². The Balaban J connectivity index is 2.38. The fourth-order valence-corrected chi connectivity index (χ4v) is 4.05. The van der Waals surface area contributed by atoms with E-state index in [1.165, 1.54) is 5.56 Å². The van der Waals surface area contributed by atoms with Crippen LogP contribution < -0.4 is 5.32 Å². The van der Waals surface area contributed by atoms with Crippen molar-refractivity contribution in [2.45, 2.75) is 43.4 Å². The molecule has 0 fully saturated rings. The van der Waals surface area contributed by atoms with Crippen molar-refractivity contribution in [3.8, 4) is 0 Å². The van der Waals surface area contributed by atoms with E-state index in [0.717, 1.165) is 17.9 Å². The molecule has 1 heterocycles. The molecule has 0 aliphatic carbocycles. The summed E-state index contributed by atoms with van der Waals surface area (Å²) in [7, 11) is -0.856. The third-order valence-electron chi connectivity index (χ3n) is 3.69. The molecule has 1 aliphatic heterocycles. The van der Waals surface area contributed by atoms with Gasteiger partial charge in [-0.2, -0.15) is 0 Å². The smallest absolute Gasteiger partial charge is 0.0564 e. The average molecular weight is 251 g/mol. The topological polar surface area (TPSA) is 29.1 Å². The maximum atomic E-state index is 12.3. The van der Waals surface area contributed by atoms with E-state index in [1.807, 2.05) is 18.2 Å². The third kappa shape index (κ3) is 2.31. The second kappa shape index (κ2) is 5.32. The van der Waals surface area contributed by atoms with Gasteiger partial charge in [-0.05, 0) is 30.5 Å². The normalized spacial score (nSPS) is 32.2. The molecule has 1 aliphatic rings. The Bertz CT molecular complexity index is 418. The molecule has 1 aromatic rings. The summed E-state index contributed by atoms with van der Waals surface area (Å²) in [6.45, 7) is 7.49. The van der Waals surface area contributed by atoms with Gasteiger partial charge in [0, 0.05) is 16.2 Å². The van der Waals surface area contributed by atoms with Gasteiger partial charge in [-0.15, -0.1) is 0 Å². The van der Waals surface area contributed by atoms with Crippen LogP contribution in [0.1, 0.15) is 38.8 Å². The van der Waals surface area contributed by atoms with Crippen LogP contribution in [0.5, 0.6) is 0 Å². The molecule has 3 heteroatoms. The maximum absolute atomic E-state index is 12.3. The fourth-order valence-electron chi connectivity index (χ4n) is 2.47. The molecule has 0 saturated carbocycles. The zero-order chi connectivity index (χ0) is 12.4. The lowest BCUT2D eigenvalue weighted by Gasteiger charge is -2.36. The van der Waals surface area contributed by atoms with E-state index in [9.17, 15) is 4.21 Å². The van der Waals surface area contributed by atoms with E-state index in [1.54, 1.807) is 0 Å². The van der Waals surface area contributed by atoms with Crippen molar-refractivity contribution in [2.75, 3.05) is 6.54 Å². The number of hydrogen-bond donors (Lipinski definition) is 1. The lowest BCUT2D eigenvalue weighted by Crippen LogP contribution is -2.39. The summed E-state index contributed by atoms with van der Waals surface area (Å²) in [5, 5.41) is 3.82. The van der Waals surface area contributed by atoms with E-state index >= 15 is 0 Å². The molecule has 4 unspecified atom stereocenters. The Morgan fingerprint density at radius 1 is 1.29 bits per heavy atom. The molecule has 94 valence electrons. The van der Waals surface area contributed by atoms with E-state index in [-0.39, 0.29) is 5.25 Å². The highest BCUT2D eigenvalue weighted by atomic mass is 32.2. The van der Waals surface area contributed by atoms with Gasteiger partial charge in [-0.3, -0.25) is 4.21 Å². The van der Waals surface area contributed by atoms with Gasteiger partial charge in [0.05, 0.1) is 10.8 Å². The molecule has 2 rings (SSSR count). The van der Waals surface area contributed by atoms with Gasteiger partial charge in [-0.25, -0.2) is 0 Å². The predicted octanol–water partition coefficient (Wildman–Crippen LogP) is 2.87. The summed E-state index contributed by atoms with van der Waals surface area (Å²) >= 11 is 0. The molecule has 17 heavy (non-hydrogen) atoms. The molecule has 1 aromatic carbocycles. The Morgan fingerprint density at radius 2 is 2.00 bits per heavy atom. The van der Waals surface area contributed by atoms with Crippen molar-refractivity contribution in [2.24, 2.45) is 5.92 Å². The number of fused-ring (bicyclic) bond motifs is 1. The minimum Gasteiger partial charge on any atom is -0.310 e. The highest BCUT2D eigenvalue weighted by Crippen LogP contribution is 2.37. The van der Waals surface area contributed by atoms with Crippen molar-refractivity contribution in [1.29, 1.82) is 0 Å². The number of rotatable bonds is 3. The minimum atomic E-state index is -0.856. The average Bonchev–Trinajstić information content (AvgIpc) is 2.36. The van der Waals surface area contributed by atoms with E-state index in [2.05, 4.69) is 32.2 Å². The molecular weight excluding hydrogens is 230 g/mol. The summed E-state index contributed by atoms with van der Waals surface area (Å²) < 4.78 is 12.3. The SMILES string of the molecule is CCCNC1c2ccccc2S(=O)C(C)C1C. The van der Waals surface area contributed by atoms with Crippen molar-refractivity contribution in [1.82, 2.24) is 5.32 Å². The van der Waals surface area contributed by atoms with E-state index in [4.69, 9.17) is 0 Å². The maximum Gasteiger partial charge on any atom is 0.0564 e. The largest absolute Gasteiger partial charge is 0.310 e. The van der Waals surface area contributed by atoms with Crippen LogP contribution in [0.2, 0.25) is 0 Å². The van der Waals surface area contributed by atoms with Gasteiger partial charge in [0.25, 0.3) is 0 Å². The van der Waals surface area contributed by atoms with Gasteiger partial charge in [0.15, 0.2) is 0 Å². The van der Waals surface area contributed by atoms with Gasteiger partial charge >= 0.3 is 0 Å². The molecular formula is C14H21NOS. The Hall–Kier alpha value is -0.670. The number of benzene rings is 1. The van der Waals surface area contributed by atoms with E-state index in [0.29, 0.717) is 12.0 Å². The lowest BCUT2D eigenvalue weighted by molar-refractivity contribution is 0.367. The molecule has 0 amide bonds. The first kappa shape index (κ1) is 12.8. The molecule has 0 bridgehead atoms. The van der Waals surface area contributed by atoms with Crippen LogP contribution in [0.4, 0.5) is 0 Å². The number of nitrogens with one attached hydrogen (secondary N) is 1. The Morgan fingerprint density at radius 3 is 2.71 bits per heavy atom. The molecule has 2 nitrogen and oxygen atoms in total. The van der Waals surface area contributed by atoms with E-state index < -0.39 is 10.8 Å².